The molecule has 18 heavy (non-hydrogen) atoms. The van der Waals surface area contributed by atoms with Crippen LogP contribution in [0.1, 0.15) is 27.2 Å². The zero-order valence-electron chi connectivity index (χ0n) is 10.0. The lowest BCUT2D eigenvalue weighted by Crippen LogP contribution is -2.03. The Labute approximate surface area is 109 Å². The number of aromatic nitrogens is 1. The number of aryl methyl sites for hydroxylation is 1. The van der Waals surface area contributed by atoms with E-state index in [4.69, 9.17) is 5.11 Å². The molecule has 5 heteroatoms. The highest BCUT2D eigenvalue weighted by Crippen LogP contribution is 2.18. The van der Waals surface area contributed by atoms with E-state index in [9.17, 15) is 4.79 Å². The minimum absolute atomic E-state index is 0.0560. The Bertz CT molecular complexity index is 551. The van der Waals surface area contributed by atoms with Gasteiger partial charge in [-0.05, 0) is 30.7 Å². The highest BCUT2D eigenvalue weighted by Gasteiger charge is 2.05. The van der Waals surface area contributed by atoms with E-state index in [-0.39, 0.29) is 5.69 Å². The summed E-state index contributed by atoms with van der Waals surface area (Å²) in [6.07, 6.45) is 2.54. The molecule has 0 aliphatic rings. The van der Waals surface area contributed by atoms with Gasteiger partial charge < -0.3 is 10.4 Å². The van der Waals surface area contributed by atoms with Crippen molar-refractivity contribution in [3.8, 4) is 0 Å². The number of carboxylic acids is 1. The summed E-state index contributed by atoms with van der Waals surface area (Å²) in [5, 5.41) is 12.0. The quantitative estimate of drug-likeness (QED) is 0.869. The largest absolute Gasteiger partial charge is 0.477 e. The van der Waals surface area contributed by atoms with Gasteiger partial charge in [-0.3, -0.25) is 0 Å². The minimum Gasteiger partial charge on any atom is -0.477 e. The van der Waals surface area contributed by atoms with E-state index < -0.39 is 5.97 Å². The van der Waals surface area contributed by atoms with Gasteiger partial charge in [0.15, 0.2) is 0 Å². The topological polar surface area (TPSA) is 62.2 Å². The SMILES string of the molecule is CCc1ccc(CNc2ccnc(C(=O)O)c2)s1. The van der Waals surface area contributed by atoms with Gasteiger partial charge >= 0.3 is 5.97 Å². The third kappa shape index (κ3) is 3.07. The van der Waals surface area contributed by atoms with E-state index in [1.165, 1.54) is 22.0 Å². The Morgan fingerprint density at radius 3 is 2.83 bits per heavy atom. The molecule has 0 spiro atoms. The van der Waals surface area contributed by atoms with Gasteiger partial charge in [0, 0.05) is 28.2 Å². The number of carbonyl (C=O) groups is 1. The zero-order valence-corrected chi connectivity index (χ0v) is 10.8. The first-order valence-electron chi connectivity index (χ1n) is 5.70. The number of thiophene rings is 1. The number of anilines is 1. The molecule has 2 rings (SSSR count). The summed E-state index contributed by atoms with van der Waals surface area (Å²) in [7, 11) is 0. The summed E-state index contributed by atoms with van der Waals surface area (Å²) in [5.74, 6) is -1.01. The summed E-state index contributed by atoms with van der Waals surface area (Å²) >= 11 is 1.77. The Morgan fingerprint density at radius 1 is 1.39 bits per heavy atom. The molecule has 2 aromatic rings. The van der Waals surface area contributed by atoms with E-state index in [0.717, 1.165) is 12.1 Å². The van der Waals surface area contributed by atoms with Crippen LogP contribution in [0.5, 0.6) is 0 Å². The molecule has 0 unspecified atom stereocenters. The number of pyridine rings is 1. The number of hydrogen-bond acceptors (Lipinski definition) is 4. The predicted octanol–water partition coefficient (Wildman–Crippen LogP) is 3.02. The second-order valence-electron chi connectivity index (χ2n) is 3.81. The molecule has 4 nitrogen and oxygen atoms in total. The van der Waals surface area contributed by atoms with Gasteiger partial charge in [0.1, 0.15) is 5.69 Å². The molecule has 0 radical (unpaired) electrons. The third-order valence-electron chi connectivity index (χ3n) is 2.51. The van der Waals surface area contributed by atoms with E-state index in [1.807, 2.05) is 0 Å². The maximum absolute atomic E-state index is 10.8. The molecule has 0 saturated heterocycles. The van der Waals surface area contributed by atoms with Gasteiger partial charge in [0.05, 0.1) is 0 Å². The normalized spacial score (nSPS) is 10.3. The van der Waals surface area contributed by atoms with Crippen LogP contribution in [0.4, 0.5) is 5.69 Å². The molecule has 0 aromatic carbocycles. The van der Waals surface area contributed by atoms with Crippen LogP contribution in [-0.2, 0) is 13.0 Å². The average molecular weight is 262 g/mol. The molecule has 94 valence electrons. The molecule has 2 N–H and O–H groups in total. The number of hydrogen-bond donors (Lipinski definition) is 2. The van der Waals surface area contributed by atoms with Crippen LogP contribution >= 0.6 is 11.3 Å². The predicted molar refractivity (Wildman–Crippen MR) is 72.2 cm³/mol. The number of nitrogens with one attached hydrogen (secondary N) is 1. The van der Waals surface area contributed by atoms with Gasteiger partial charge in [-0.15, -0.1) is 11.3 Å². The van der Waals surface area contributed by atoms with Crippen LogP contribution in [0, 0.1) is 0 Å². The van der Waals surface area contributed by atoms with Crippen molar-refractivity contribution in [1.82, 2.24) is 4.98 Å². The van der Waals surface area contributed by atoms with Crippen molar-refractivity contribution < 1.29 is 9.90 Å². The molecule has 0 atom stereocenters. The molecule has 0 fully saturated rings. The van der Waals surface area contributed by atoms with Crippen LogP contribution < -0.4 is 5.32 Å². The Morgan fingerprint density at radius 2 is 2.17 bits per heavy atom. The highest BCUT2D eigenvalue weighted by molar-refractivity contribution is 7.12. The molecule has 0 amide bonds. The van der Waals surface area contributed by atoms with E-state index in [1.54, 1.807) is 17.4 Å². The standard InChI is InChI=1S/C13H14N2O2S/c1-2-10-3-4-11(18-10)8-15-9-5-6-14-12(7-9)13(16)17/h3-7H,2,8H2,1H3,(H,14,15)(H,16,17). The second kappa shape index (κ2) is 5.64. The molecule has 0 aliphatic heterocycles. The fourth-order valence-corrected chi connectivity index (χ4v) is 2.45. The summed E-state index contributed by atoms with van der Waals surface area (Å²) in [5.41, 5.74) is 0.828. The second-order valence-corrected chi connectivity index (χ2v) is 5.06. The molecule has 0 saturated carbocycles. The molecular weight excluding hydrogens is 248 g/mol. The van der Waals surface area contributed by atoms with E-state index in [2.05, 4.69) is 29.4 Å². The summed E-state index contributed by atoms with van der Waals surface area (Å²) in [4.78, 5) is 17.1. The lowest BCUT2D eigenvalue weighted by Gasteiger charge is -2.04. The van der Waals surface area contributed by atoms with Gasteiger partial charge in [-0.1, -0.05) is 6.92 Å². The summed E-state index contributed by atoms with van der Waals surface area (Å²) < 4.78 is 0. The first-order valence-corrected chi connectivity index (χ1v) is 6.51. The molecule has 0 aliphatic carbocycles. The Hall–Kier alpha value is -1.88. The van der Waals surface area contributed by atoms with Crippen molar-refractivity contribution in [2.24, 2.45) is 0 Å². The molecule has 2 aromatic heterocycles. The van der Waals surface area contributed by atoms with Crippen molar-refractivity contribution in [2.75, 3.05) is 5.32 Å². The fourth-order valence-electron chi connectivity index (χ4n) is 1.55. The number of aromatic carboxylic acids is 1. The molecule has 0 bridgehead atoms. The van der Waals surface area contributed by atoms with E-state index in [0.29, 0.717) is 6.54 Å². The molecular formula is C13H14N2O2S. The maximum atomic E-state index is 10.8. The fraction of sp³-hybridized carbons (Fsp3) is 0.231. The van der Waals surface area contributed by atoms with Crippen molar-refractivity contribution in [1.29, 1.82) is 0 Å². The first-order chi connectivity index (χ1) is 8.69. The summed E-state index contributed by atoms with van der Waals surface area (Å²) in [6, 6.07) is 7.52. The van der Waals surface area contributed by atoms with Gasteiger partial charge in [-0.2, -0.15) is 0 Å². The van der Waals surface area contributed by atoms with Crippen LogP contribution in [0.15, 0.2) is 30.5 Å². The van der Waals surface area contributed by atoms with Crippen molar-refractivity contribution in [3.63, 3.8) is 0 Å². The van der Waals surface area contributed by atoms with Crippen LogP contribution in [0.25, 0.3) is 0 Å². The first kappa shape index (κ1) is 12.6. The minimum atomic E-state index is -1.01. The van der Waals surface area contributed by atoms with Crippen molar-refractivity contribution in [3.05, 3.63) is 45.9 Å². The number of nitrogens with zero attached hydrogens (tertiary/aromatic N) is 1. The Balaban J connectivity index is 2.01. The van der Waals surface area contributed by atoms with Crippen molar-refractivity contribution in [2.45, 2.75) is 19.9 Å². The number of rotatable bonds is 5. The van der Waals surface area contributed by atoms with E-state index >= 15 is 0 Å². The zero-order chi connectivity index (χ0) is 13.0. The highest BCUT2D eigenvalue weighted by atomic mass is 32.1. The van der Waals surface area contributed by atoms with Crippen molar-refractivity contribution >= 4 is 23.0 Å². The monoisotopic (exact) mass is 262 g/mol. The lowest BCUT2D eigenvalue weighted by atomic mass is 10.3. The maximum Gasteiger partial charge on any atom is 0.354 e. The Kier molecular flexibility index (Phi) is 3.94. The summed E-state index contributed by atoms with van der Waals surface area (Å²) in [6.45, 7) is 2.83. The van der Waals surface area contributed by atoms with Gasteiger partial charge in [0.25, 0.3) is 0 Å². The lowest BCUT2D eigenvalue weighted by molar-refractivity contribution is 0.0690. The smallest absolute Gasteiger partial charge is 0.354 e. The van der Waals surface area contributed by atoms with Crippen LogP contribution in [0.3, 0.4) is 0 Å². The van der Waals surface area contributed by atoms with Crippen LogP contribution in [-0.4, -0.2) is 16.1 Å². The van der Waals surface area contributed by atoms with Crippen LogP contribution in [0.2, 0.25) is 0 Å². The average Bonchev–Trinajstić information content (AvgIpc) is 2.84. The van der Waals surface area contributed by atoms with Gasteiger partial charge in [-0.25, -0.2) is 9.78 Å². The molecule has 2 heterocycles. The third-order valence-corrected chi connectivity index (χ3v) is 3.74. The van der Waals surface area contributed by atoms with Gasteiger partial charge in [0.2, 0.25) is 0 Å². The number of carboxylic acid groups (broad SMARTS) is 1.